The van der Waals surface area contributed by atoms with E-state index in [0.29, 0.717) is 10.7 Å². The van der Waals surface area contributed by atoms with E-state index in [1.54, 1.807) is 12.1 Å². The third-order valence-electron chi connectivity index (χ3n) is 5.61. The zero-order chi connectivity index (χ0) is 18.4. The predicted molar refractivity (Wildman–Crippen MR) is 100.0 cm³/mol. The Hall–Kier alpha value is -2.11. The molecule has 2 heterocycles. The molecule has 2 atom stereocenters. The summed E-state index contributed by atoms with van der Waals surface area (Å²) < 4.78 is 5.30. The van der Waals surface area contributed by atoms with Crippen molar-refractivity contribution in [3.8, 4) is 0 Å². The van der Waals surface area contributed by atoms with Gasteiger partial charge in [0.15, 0.2) is 5.41 Å². The third-order valence-corrected chi connectivity index (χ3v) is 5.87. The number of carbonyl (C=O) groups is 1. The Morgan fingerprint density at radius 3 is 2.62 bits per heavy atom. The molecule has 1 aromatic rings. The lowest BCUT2D eigenvalue weighted by atomic mass is 9.64. The Balaban J connectivity index is 1.94. The fourth-order valence-electron chi connectivity index (χ4n) is 4.38. The minimum atomic E-state index is -1.14. The molecule has 0 N–H and O–H groups in total. The molecule has 1 aliphatic carbocycles. The molecule has 1 fully saturated rings. The van der Waals surface area contributed by atoms with E-state index >= 15 is 0 Å². The van der Waals surface area contributed by atoms with E-state index in [1.165, 1.54) is 7.11 Å². The van der Waals surface area contributed by atoms with Crippen molar-refractivity contribution in [2.45, 2.75) is 25.5 Å². The van der Waals surface area contributed by atoms with Crippen molar-refractivity contribution < 1.29 is 14.4 Å². The van der Waals surface area contributed by atoms with Gasteiger partial charge < -0.3 is 9.57 Å². The first-order valence-electron chi connectivity index (χ1n) is 8.79. The van der Waals surface area contributed by atoms with Crippen molar-refractivity contribution in [3.05, 3.63) is 58.7 Å². The molecule has 6 heteroatoms. The summed E-state index contributed by atoms with van der Waals surface area (Å²) >= 11 is 6.05. The minimum Gasteiger partial charge on any atom is -0.468 e. The van der Waals surface area contributed by atoms with Gasteiger partial charge in [-0.2, -0.15) is 0 Å². The lowest BCUT2D eigenvalue weighted by Gasteiger charge is -2.46. The van der Waals surface area contributed by atoms with Crippen LogP contribution in [0.5, 0.6) is 0 Å². The van der Waals surface area contributed by atoms with Crippen molar-refractivity contribution in [2.24, 2.45) is 10.6 Å². The summed E-state index contributed by atoms with van der Waals surface area (Å²) in [6, 6.07) is 7.30. The molecule has 1 saturated heterocycles. The zero-order valence-electron chi connectivity index (χ0n) is 14.9. The molecule has 26 heavy (non-hydrogen) atoms. The molecular weight excluding hydrogens is 352 g/mol. The van der Waals surface area contributed by atoms with Crippen LogP contribution in [0.15, 0.2) is 53.2 Å². The van der Waals surface area contributed by atoms with Gasteiger partial charge in [0.05, 0.1) is 7.11 Å². The molecule has 0 spiro atoms. The van der Waals surface area contributed by atoms with E-state index in [2.05, 4.69) is 10.1 Å². The van der Waals surface area contributed by atoms with Crippen LogP contribution in [0.25, 0.3) is 0 Å². The van der Waals surface area contributed by atoms with E-state index in [1.807, 2.05) is 37.3 Å². The largest absolute Gasteiger partial charge is 0.468 e. The monoisotopic (exact) mass is 372 g/mol. The smallest absolute Gasteiger partial charge is 0.328 e. The van der Waals surface area contributed by atoms with Crippen molar-refractivity contribution in [3.63, 3.8) is 0 Å². The van der Waals surface area contributed by atoms with Crippen molar-refractivity contribution in [1.29, 1.82) is 0 Å². The van der Waals surface area contributed by atoms with Crippen molar-refractivity contribution in [1.82, 2.24) is 4.90 Å². The number of likely N-dealkylation sites (tertiary alicyclic amines) is 1. The number of esters is 1. The summed E-state index contributed by atoms with van der Waals surface area (Å²) in [4.78, 5) is 21.6. The number of allylic oxidation sites excluding steroid dienone is 2. The fraction of sp³-hybridized carbons (Fsp3) is 0.400. The van der Waals surface area contributed by atoms with Crippen LogP contribution in [0.4, 0.5) is 0 Å². The van der Waals surface area contributed by atoms with Crippen LogP contribution in [0.2, 0.25) is 5.02 Å². The lowest BCUT2D eigenvalue weighted by molar-refractivity contribution is -0.176. The average Bonchev–Trinajstić information content (AvgIpc) is 3.29. The molecule has 1 aromatic carbocycles. The highest BCUT2D eigenvalue weighted by Gasteiger charge is 2.70. The average molecular weight is 373 g/mol. The SMILES string of the molecule is COC(=O)C12C(C)=CC=CC1(N1CCCC1)ON=C2c1ccc(Cl)cc1. The first kappa shape index (κ1) is 17.3. The molecule has 136 valence electrons. The first-order chi connectivity index (χ1) is 12.6. The van der Waals surface area contributed by atoms with Gasteiger partial charge in [-0.05, 0) is 43.5 Å². The maximum atomic E-state index is 13.3. The van der Waals surface area contributed by atoms with Crippen LogP contribution >= 0.6 is 11.6 Å². The van der Waals surface area contributed by atoms with E-state index in [4.69, 9.17) is 21.2 Å². The molecule has 3 aliphatic rings. The second-order valence-corrected chi connectivity index (χ2v) is 7.32. The third kappa shape index (κ3) is 2.14. The topological polar surface area (TPSA) is 51.1 Å². The van der Waals surface area contributed by atoms with Crippen LogP contribution in [0, 0.1) is 5.41 Å². The highest BCUT2D eigenvalue weighted by molar-refractivity contribution is 6.30. The Bertz CT molecular complexity index is 824. The molecule has 0 amide bonds. The van der Waals surface area contributed by atoms with E-state index in [-0.39, 0.29) is 5.97 Å². The van der Waals surface area contributed by atoms with Gasteiger partial charge in [0.25, 0.3) is 0 Å². The van der Waals surface area contributed by atoms with Crippen LogP contribution in [-0.2, 0) is 14.4 Å². The molecule has 0 bridgehead atoms. The molecule has 2 unspecified atom stereocenters. The Kier molecular flexibility index (Phi) is 4.16. The van der Waals surface area contributed by atoms with Crippen molar-refractivity contribution >= 4 is 23.3 Å². The Labute approximate surface area is 157 Å². The molecule has 0 radical (unpaired) electrons. The second kappa shape index (κ2) is 6.25. The van der Waals surface area contributed by atoms with E-state index in [9.17, 15) is 4.79 Å². The standard InChI is InChI=1S/C20H21ClN2O3/c1-14-6-5-11-19(23-12-3-4-13-23)20(14,18(24)25-2)17(22-26-19)15-7-9-16(21)10-8-15/h5-11H,3-4,12-13H2,1-2H3. The van der Waals surface area contributed by atoms with Gasteiger partial charge in [-0.15, -0.1) is 0 Å². The van der Waals surface area contributed by atoms with Gasteiger partial charge in [0.1, 0.15) is 5.71 Å². The lowest BCUT2D eigenvalue weighted by Crippen LogP contribution is -2.64. The van der Waals surface area contributed by atoms with Crippen LogP contribution in [0.3, 0.4) is 0 Å². The zero-order valence-corrected chi connectivity index (χ0v) is 15.6. The van der Waals surface area contributed by atoms with Gasteiger partial charge in [-0.3, -0.25) is 9.69 Å². The maximum Gasteiger partial charge on any atom is 0.328 e. The highest BCUT2D eigenvalue weighted by Crippen LogP contribution is 2.54. The summed E-state index contributed by atoms with van der Waals surface area (Å²) in [6.07, 6.45) is 7.94. The number of rotatable bonds is 3. The van der Waals surface area contributed by atoms with Gasteiger partial charge in [0, 0.05) is 23.7 Å². The number of oxime groups is 1. The number of hydrogen-bond donors (Lipinski definition) is 0. The molecule has 0 saturated carbocycles. The summed E-state index contributed by atoms with van der Waals surface area (Å²) in [5, 5.41) is 5.05. The predicted octanol–water partition coefficient (Wildman–Crippen LogP) is 3.54. The fourth-order valence-corrected chi connectivity index (χ4v) is 4.50. The second-order valence-electron chi connectivity index (χ2n) is 6.88. The van der Waals surface area contributed by atoms with Crippen LogP contribution in [0.1, 0.15) is 25.3 Å². The molecule has 0 aromatic heterocycles. The number of ether oxygens (including phenoxy) is 1. The molecule has 4 rings (SSSR count). The number of hydrogen-bond acceptors (Lipinski definition) is 5. The Morgan fingerprint density at radius 1 is 1.27 bits per heavy atom. The normalized spacial score (nSPS) is 30.4. The number of fused-ring (bicyclic) bond motifs is 1. The van der Waals surface area contributed by atoms with Crippen molar-refractivity contribution in [2.75, 3.05) is 20.2 Å². The molecule has 5 nitrogen and oxygen atoms in total. The summed E-state index contributed by atoms with van der Waals surface area (Å²) in [5.74, 6) is -0.367. The quantitative estimate of drug-likeness (QED) is 0.761. The minimum absolute atomic E-state index is 0.367. The maximum absolute atomic E-state index is 13.3. The summed E-state index contributed by atoms with van der Waals surface area (Å²) in [5.41, 5.74) is 0.0684. The van der Waals surface area contributed by atoms with E-state index < -0.39 is 11.1 Å². The van der Waals surface area contributed by atoms with Gasteiger partial charge in [0.2, 0.25) is 5.72 Å². The summed E-state index contributed by atoms with van der Waals surface area (Å²) in [7, 11) is 1.41. The highest BCUT2D eigenvalue weighted by atomic mass is 35.5. The Morgan fingerprint density at radius 2 is 1.96 bits per heavy atom. The first-order valence-corrected chi connectivity index (χ1v) is 9.17. The summed E-state index contributed by atoms with van der Waals surface area (Å²) in [6.45, 7) is 3.63. The number of benzene rings is 1. The number of halogens is 1. The number of methoxy groups -OCH3 is 1. The van der Waals surface area contributed by atoms with Gasteiger partial charge in [-0.1, -0.05) is 41.0 Å². The van der Waals surface area contributed by atoms with Crippen LogP contribution < -0.4 is 0 Å². The van der Waals surface area contributed by atoms with Gasteiger partial charge in [-0.25, -0.2) is 0 Å². The van der Waals surface area contributed by atoms with Crippen LogP contribution in [-0.4, -0.2) is 42.5 Å². The number of nitrogens with zero attached hydrogens (tertiary/aromatic N) is 2. The van der Waals surface area contributed by atoms with E-state index in [0.717, 1.165) is 37.1 Å². The number of carbonyl (C=O) groups excluding carboxylic acids is 1. The van der Waals surface area contributed by atoms with Gasteiger partial charge >= 0.3 is 5.97 Å². The molecular formula is C20H21ClN2O3. The molecule has 2 aliphatic heterocycles.